The summed E-state index contributed by atoms with van der Waals surface area (Å²) in [7, 11) is 1.76. The quantitative estimate of drug-likeness (QED) is 0.796. The predicted molar refractivity (Wildman–Crippen MR) is 93.1 cm³/mol. The lowest BCUT2D eigenvalue weighted by Gasteiger charge is -2.31. The van der Waals surface area contributed by atoms with Crippen LogP contribution in [0.3, 0.4) is 0 Å². The Labute approximate surface area is 134 Å². The molecule has 2 N–H and O–H groups in total. The van der Waals surface area contributed by atoms with Gasteiger partial charge in [-0.1, -0.05) is 34.6 Å². The number of nitrogens with zero attached hydrogens (tertiary/aromatic N) is 1. The standard InChI is InChI=1S/C17H32N2OS/c1-13(2)12-19(9-10-20-6)14(11-18)15-7-8-16(21-15)17(3,4)5/h7-8,13-14H,9-12,18H2,1-6H3. The molecule has 1 unspecified atom stereocenters. The highest BCUT2D eigenvalue weighted by Gasteiger charge is 2.24. The third-order valence-electron chi connectivity index (χ3n) is 3.54. The molecule has 122 valence electrons. The molecule has 0 aliphatic carbocycles. The van der Waals surface area contributed by atoms with Gasteiger partial charge in [0.15, 0.2) is 0 Å². The van der Waals surface area contributed by atoms with Crippen molar-refractivity contribution in [3.8, 4) is 0 Å². The molecule has 0 aromatic carbocycles. The van der Waals surface area contributed by atoms with Gasteiger partial charge < -0.3 is 10.5 Å². The van der Waals surface area contributed by atoms with Crippen LogP contribution in [0.2, 0.25) is 0 Å². The Morgan fingerprint density at radius 3 is 2.38 bits per heavy atom. The van der Waals surface area contributed by atoms with E-state index in [0.29, 0.717) is 18.5 Å². The third-order valence-corrected chi connectivity index (χ3v) is 5.15. The van der Waals surface area contributed by atoms with Gasteiger partial charge >= 0.3 is 0 Å². The van der Waals surface area contributed by atoms with Gasteiger partial charge in [0.2, 0.25) is 0 Å². The monoisotopic (exact) mass is 312 g/mol. The minimum atomic E-state index is 0.206. The first-order chi connectivity index (χ1) is 9.79. The molecule has 0 saturated carbocycles. The Hall–Kier alpha value is -0.420. The summed E-state index contributed by atoms with van der Waals surface area (Å²) in [6.45, 7) is 14.7. The van der Waals surface area contributed by atoms with Crippen LogP contribution >= 0.6 is 11.3 Å². The molecule has 1 heterocycles. The van der Waals surface area contributed by atoms with Gasteiger partial charge in [0.05, 0.1) is 12.6 Å². The highest BCUT2D eigenvalue weighted by atomic mass is 32.1. The lowest BCUT2D eigenvalue weighted by Crippen LogP contribution is -2.38. The van der Waals surface area contributed by atoms with Crippen LogP contribution in [-0.2, 0) is 10.2 Å². The second-order valence-electron chi connectivity index (χ2n) is 7.09. The fraction of sp³-hybridized carbons (Fsp3) is 0.765. The van der Waals surface area contributed by atoms with Gasteiger partial charge in [-0.25, -0.2) is 0 Å². The van der Waals surface area contributed by atoms with E-state index in [9.17, 15) is 0 Å². The van der Waals surface area contributed by atoms with Crippen LogP contribution in [-0.4, -0.2) is 38.3 Å². The zero-order valence-corrected chi connectivity index (χ0v) is 15.3. The summed E-state index contributed by atoms with van der Waals surface area (Å²) in [6.07, 6.45) is 0. The van der Waals surface area contributed by atoms with E-state index in [1.807, 2.05) is 11.3 Å². The van der Waals surface area contributed by atoms with Gasteiger partial charge in [0.25, 0.3) is 0 Å². The molecule has 0 saturated heterocycles. The van der Waals surface area contributed by atoms with Crippen LogP contribution in [0, 0.1) is 5.92 Å². The van der Waals surface area contributed by atoms with Crippen molar-refractivity contribution in [2.75, 3.05) is 33.4 Å². The smallest absolute Gasteiger partial charge is 0.0589 e. The normalized spacial score (nSPS) is 14.1. The highest BCUT2D eigenvalue weighted by molar-refractivity contribution is 7.12. The average molecular weight is 313 g/mol. The van der Waals surface area contributed by atoms with Gasteiger partial charge in [-0.3, -0.25) is 4.90 Å². The number of hydrogen-bond donors (Lipinski definition) is 1. The predicted octanol–water partition coefficient (Wildman–Crippen LogP) is 3.65. The van der Waals surface area contributed by atoms with Gasteiger partial charge in [-0.2, -0.15) is 0 Å². The van der Waals surface area contributed by atoms with E-state index >= 15 is 0 Å². The van der Waals surface area contributed by atoms with Crippen LogP contribution in [0.1, 0.15) is 50.4 Å². The number of rotatable bonds is 8. The number of nitrogens with two attached hydrogens (primary N) is 1. The molecule has 1 aromatic heterocycles. The molecule has 4 heteroatoms. The van der Waals surface area contributed by atoms with Gasteiger partial charge in [0, 0.05) is 36.5 Å². The molecule has 0 aliphatic rings. The number of methoxy groups -OCH3 is 1. The molecule has 0 radical (unpaired) electrons. The Bertz CT molecular complexity index is 409. The van der Waals surface area contributed by atoms with Gasteiger partial charge in [-0.05, 0) is 23.5 Å². The Morgan fingerprint density at radius 2 is 1.95 bits per heavy atom. The minimum absolute atomic E-state index is 0.206. The second kappa shape index (κ2) is 8.28. The Kier molecular flexibility index (Phi) is 7.34. The van der Waals surface area contributed by atoms with Crippen molar-refractivity contribution >= 4 is 11.3 Å². The van der Waals surface area contributed by atoms with E-state index in [2.05, 4.69) is 51.7 Å². The van der Waals surface area contributed by atoms with Crippen LogP contribution in [0.15, 0.2) is 12.1 Å². The Balaban J connectivity index is 2.93. The number of ether oxygens (including phenoxy) is 1. The van der Waals surface area contributed by atoms with Crippen molar-refractivity contribution in [1.82, 2.24) is 4.90 Å². The second-order valence-corrected chi connectivity index (χ2v) is 8.20. The average Bonchev–Trinajstić information content (AvgIpc) is 2.85. The van der Waals surface area contributed by atoms with E-state index in [1.54, 1.807) is 7.11 Å². The molecule has 0 aliphatic heterocycles. The fourth-order valence-electron chi connectivity index (χ4n) is 2.43. The zero-order valence-electron chi connectivity index (χ0n) is 14.5. The third kappa shape index (κ3) is 5.70. The van der Waals surface area contributed by atoms with Gasteiger partial charge in [0.1, 0.15) is 0 Å². The van der Waals surface area contributed by atoms with E-state index in [0.717, 1.165) is 19.7 Å². The van der Waals surface area contributed by atoms with Crippen LogP contribution in [0.25, 0.3) is 0 Å². The van der Waals surface area contributed by atoms with E-state index in [1.165, 1.54) is 9.75 Å². The summed E-state index contributed by atoms with van der Waals surface area (Å²) in [5.41, 5.74) is 6.30. The highest BCUT2D eigenvalue weighted by Crippen LogP contribution is 2.34. The summed E-state index contributed by atoms with van der Waals surface area (Å²) >= 11 is 1.90. The van der Waals surface area contributed by atoms with E-state index in [4.69, 9.17) is 10.5 Å². The van der Waals surface area contributed by atoms with Crippen molar-refractivity contribution in [1.29, 1.82) is 0 Å². The minimum Gasteiger partial charge on any atom is -0.383 e. The van der Waals surface area contributed by atoms with Crippen molar-refractivity contribution in [2.24, 2.45) is 11.7 Å². The molecular formula is C17H32N2OS. The summed E-state index contributed by atoms with van der Waals surface area (Å²) in [4.78, 5) is 5.26. The maximum Gasteiger partial charge on any atom is 0.0589 e. The lowest BCUT2D eigenvalue weighted by atomic mass is 9.95. The lowest BCUT2D eigenvalue weighted by molar-refractivity contribution is 0.113. The maximum absolute atomic E-state index is 6.10. The van der Waals surface area contributed by atoms with E-state index in [-0.39, 0.29) is 5.41 Å². The molecule has 1 rings (SSSR count). The number of hydrogen-bond acceptors (Lipinski definition) is 4. The van der Waals surface area contributed by atoms with Crippen molar-refractivity contribution in [2.45, 2.75) is 46.1 Å². The maximum atomic E-state index is 6.10. The molecule has 1 atom stereocenters. The zero-order chi connectivity index (χ0) is 16.0. The van der Waals surface area contributed by atoms with Crippen molar-refractivity contribution < 1.29 is 4.74 Å². The molecular weight excluding hydrogens is 280 g/mol. The summed E-state index contributed by atoms with van der Waals surface area (Å²) in [5.74, 6) is 0.623. The molecule has 3 nitrogen and oxygen atoms in total. The summed E-state index contributed by atoms with van der Waals surface area (Å²) in [5, 5.41) is 0. The first kappa shape index (κ1) is 18.6. The van der Waals surface area contributed by atoms with Crippen LogP contribution < -0.4 is 5.73 Å². The SMILES string of the molecule is COCCN(CC(C)C)C(CN)c1ccc(C(C)(C)C)s1. The first-order valence-electron chi connectivity index (χ1n) is 7.82. The van der Waals surface area contributed by atoms with E-state index < -0.39 is 0 Å². The largest absolute Gasteiger partial charge is 0.383 e. The molecule has 0 amide bonds. The Morgan fingerprint density at radius 1 is 1.29 bits per heavy atom. The van der Waals surface area contributed by atoms with Crippen LogP contribution in [0.5, 0.6) is 0 Å². The van der Waals surface area contributed by atoms with Crippen molar-refractivity contribution in [3.05, 3.63) is 21.9 Å². The summed E-state index contributed by atoms with van der Waals surface area (Å²) < 4.78 is 5.26. The first-order valence-corrected chi connectivity index (χ1v) is 8.64. The molecule has 0 bridgehead atoms. The molecule has 1 aromatic rings. The topological polar surface area (TPSA) is 38.5 Å². The summed E-state index contributed by atoms with van der Waals surface area (Å²) in [6, 6.07) is 4.80. The van der Waals surface area contributed by atoms with Gasteiger partial charge in [-0.15, -0.1) is 11.3 Å². The van der Waals surface area contributed by atoms with Crippen molar-refractivity contribution in [3.63, 3.8) is 0 Å². The molecule has 0 fully saturated rings. The molecule has 0 spiro atoms. The molecule has 21 heavy (non-hydrogen) atoms. The fourth-order valence-corrected chi connectivity index (χ4v) is 3.65. The van der Waals surface area contributed by atoms with Crippen LogP contribution in [0.4, 0.5) is 0 Å². The number of thiophene rings is 1.